The van der Waals surface area contributed by atoms with E-state index in [1.807, 2.05) is 36.0 Å². The third-order valence-electron chi connectivity index (χ3n) is 6.06. The van der Waals surface area contributed by atoms with Crippen molar-refractivity contribution in [3.63, 3.8) is 0 Å². The normalized spacial score (nSPS) is 16.7. The second-order valence-electron chi connectivity index (χ2n) is 7.94. The van der Waals surface area contributed by atoms with E-state index in [2.05, 4.69) is 35.2 Å². The van der Waals surface area contributed by atoms with Crippen LogP contribution in [0, 0.1) is 0 Å². The number of thioether (sulfide) groups is 1. The van der Waals surface area contributed by atoms with Crippen LogP contribution in [0.25, 0.3) is 0 Å². The Morgan fingerprint density at radius 1 is 0.879 bits per heavy atom. The number of fused-ring (bicyclic) bond motifs is 2. The lowest BCUT2D eigenvalue weighted by Crippen LogP contribution is -2.24. The SMILES string of the molecule is COc1ccc(OC)c(CN2CC[C@H](c3ccc4c(c3)OCO4)Sc3cc(OC)ccc32)c1. The molecule has 6 nitrogen and oxygen atoms in total. The molecule has 0 aliphatic carbocycles. The highest BCUT2D eigenvalue weighted by Crippen LogP contribution is 2.48. The molecule has 1 atom stereocenters. The summed E-state index contributed by atoms with van der Waals surface area (Å²) in [5.41, 5.74) is 3.51. The van der Waals surface area contributed by atoms with E-state index in [4.69, 9.17) is 23.7 Å². The van der Waals surface area contributed by atoms with E-state index in [9.17, 15) is 0 Å². The van der Waals surface area contributed by atoms with Crippen molar-refractivity contribution < 1.29 is 23.7 Å². The van der Waals surface area contributed by atoms with Gasteiger partial charge >= 0.3 is 0 Å². The average molecular weight is 466 g/mol. The van der Waals surface area contributed by atoms with Gasteiger partial charge < -0.3 is 28.6 Å². The van der Waals surface area contributed by atoms with Crippen LogP contribution in [0.4, 0.5) is 5.69 Å². The van der Waals surface area contributed by atoms with E-state index in [0.29, 0.717) is 6.54 Å². The summed E-state index contributed by atoms with van der Waals surface area (Å²) in [5.74, 6) is 4.16. The van der Waals surface area contributed by atoms with Crippen molar-refractivity contribution >= 4 is 17.4 Å². The second-order valence-corrected chi connectivity index (χ2v) is 9.19. The second kappa shape index (κ2) is 9.35. The van der Waals surface area contributed by atoms with Crippen LogP contribution in [0.2, 0.25) is 0 Å². The first-order valence-corrected chi connectivity index (χ1v) is 11.8. The Labute approximate surface area is 198 Å². The van der Waals surface area contributed by atoms with Crippen molar-refractivity contribution in [2.24, 2.45) is 0 Å². The van der Waals surface area contributed by atoms with Crippen molar-refractivity contribution in [2.75, 3.05) is 39.6 Å². The first kappa shape index (κ1) is 21.6. The highest BCUT2D eigenvalue weighted by Gasteiger charge is 2.26. The quantitative estimate of drug-likeness (QED) is 0.464. The smallest absolute Gasteiger partial charge is 0.231 e. The number of anilines is 1. The third-order valence-corrected chi connectivity index (χ3v) is 7.43. The van der Waals surface area contributed by atoms with Gasteiger partial charge in [-0.15, -0.1) is 11.8 Å². The monoisotopic (exact) mass is 465 g/mol. The van der Waals surface area contributed by atoms with Crippen LogP contribution in [-0.4, -0.2) is 34.7 Å². The maximum Gasteiger partial charge on any atom is 0.231 e. The number of rotatable bonds is 6. The van der Waals surface area contributed by atoms with Crippen molar-refractivity contribution in [2.45, 2.75) is 23.1 Å². The number of nitrogens with zero attached hydrogens (tertiary/aromatic N) is 1. The molecule has 7 heteroatoms. The lowest BCUT2D eigenvalue weighted by atomic mass is 10.1. The summed E-state index contributed by atoms with van der Waals surface area (Å²) in [6.07, 6.45) is 0.980. The van der Waals surface area contributed by atoms with Gasteiger partial charge in [0.05, 0.1) is 27.0 Å². The fraction of sp³-hybridized carbons (Fsp3) is 0.308. The molecular formula is C26H27NO5S. The molecule has 0 saturated carbocycles. The zero-order chi connectivity index (χ0) is 22.8. The zero-order valence-electron chi connectivity index (χ0n) is 19.0. The van der Waals surface area contributed by atoms with Crippen molar-refractivity contribution in [3.05, 3.63) is 65.7 Å². The molecule has 2 aliphatic heterocycles. The van der Waals surface area contributed by atoms with Gasteiger partial charge in [0.1, 0.15) is 17.2 Å². The summed E-state index contributed by atoms with van der Waals surface area (Å²) >= 11 is 1.86. The van der Waals surface area contributed by atoms with E-state index in [1.165, 1.54) is 16.1 Å². The van der Waals surface area contributed by atoms with Gasteiger partial charge in [-0.25, -0.2) is 0 Å². The fourth-order valence-electron chi connectivity index (χ4n) is 4.31. The van der Waals surface area contributed by atoms with Gasteiger partial charge in [-0.3, -0.25) is 0 Å². The molecule has 0 unspecified atom stereocenters. The average Bonchev–Trinajstić information content (AvgIpc) is 3.26. The highest BCUT2D eigenvalue weighted by atomic mass is 32.2. The first-order valence-electron chi connectivity index (χ1n) is 10.9. The fourth-order valence-corrected chi connectivity index (χ4v) is 5.62. The molecule has 2 aliphatic rings. The summed E-state index contributed by atoms with van der Waals surface area (Å²) in [7, 11) is 5.10. The standard InChI is InChI=1S/C26H27NO5S/c1-28-19-6-9-22(30-3)18(12-19)15-27-11-10-25(17-4-8-23-24(13-17)32-16-31-23)33-26-14-20(29-2)5-7-21(26)27/h4-9,12-14,25H,10-11,15-16H2,1-3H3/t25-/m1/s1. The minimum absolute atomic E-state index is 0.280. The summed E-state index contributed by atoms with van der Waals surface area (Å²) in [4.78, 5) is 3.60. The summed E-state index contributed by atoms with van der Waals surface area (Å²) in [5, 5.41) is 0.280. The lowest BCUT2D eigenvalue weighted by Gasteiger charge is -2.26. The van der Waals surface area contributed by atoms with E-state index in [0.717, 1.165) is 47.3 Å². The van der Waals surface area contributed by atoms with Gasteiger partial charge in [0.15, 0.2) is 11.5 Å². The predicted octanol–water partition coefficient (Wildman–Crippen LogP) is 5.68. The summed E-state index contributed by atoms with van der Waals surface area (Å²) in [6, 6.07) is 18.5. The van der Waals surface area contributed by atoms with Gasteiger partial charge in [-0.2, -0.15) is 0 Å². The van der Waals surface area contributed by atoms with Crippen LogP contribution in [0.1, 0.15) is 22.8 Å². The maximum absolute atomic E-state index is 5.64. The Bertz CT molecular complexity index is 1150. The van der Waals surface area contributed by atoms with E-state index in [-0.39, 0.29) is 12.0 Å². The lowest BCUT2D eigenvalue weighted by molar-refractivity contribution is 0.174. The minimum Gasteiger partial charge on any atom is -0.497 e. The van der Waals surface area contributed by atoms with E-state index in [1.54, 1.807) is 21.3 Å². The number of ether oxygens (including phenoxy) is 5. The molecule has 0 bridgehead atoms. The van der Waals surface area contributed by atoms with Gasteiger partial charge in [-0.05, 0) is 60.5 Å². The number of methoxy groups -OCH3 is 3. The number of benzene rings is 3. The number of hydrogen-bond donors (Lipinski definition) is 0. The van der Waals surface area contributed by atoms with Crippen molar-refractivity contribution in [3.8, 4) is 28.7 Å². The Kier molecular flexibility index (Phi) is 6.13. The maximum atomic E-state index is 5.64. The molecule has 0 aromatic heterocycles. The molecule has 0 N–H and O–H groups in total. The van der Waals surface area contributed by atoms with Gasteiger partial charge in [0.2, 0.25) is 6.79 Å². The van der Waals surface area contributed by atoms with Gasteiger partial charge in [0.25, 0.3) is 0 Å². The van der Waals surface area contributed by atoms with Crippen LogP contribution >= 0.6 is 11.8 Å². The Morgan fingerprint density at radius 3 is 2.48 bits per heavy atom. The van der Waals surface area contributed by atoms with Gasteiger partial charge in [0, 0.05) is 28.8 Å². The Hall–Kier alpha value is -3.19. The van der Waals surface area contributed by atoms with Crippen molar-refractivity contribution in [1.29, 1.82) is 0 Å². The van der Waals surface area contributed by atoms with Crippen LogP contribution in [0.5, 0.6) is 28.7 Å². The summed E-state index contributed by atoms with van der Waals surface area (Å²) in [6.45, 7) is 1.90. The Balaban J connectivity index is 1.49. The zero-order valence-corrected chi connectivity index (χ0v) is 19.8. The molecule has 0 saturated heterocycles. The molecular weight excluding hydrogens is 438 g/mol. The summed E-state index contributed by atoms with van der Waals surface area (Å²) < 4.78 is 27.8. The molecule has 0 fully saturated rings. The molecule has 0 amide bonds. The molecule has 3 aromatic rings. The van der Waals surface area contributed by atoms with E-state index >= 15 is 0 Å². The molecule has 0 spiro atoms. The number of hydrogen-bond acceptors (Lipinski definition) is 7. The molecule has 3 aromatic carbocycles. The van der Waals surface area contributed by atoms with Crippen LogP contribution in [0.3, 0.4) is 0 Å². The van der Waals surface area contributed by atoms with Gasteiger partial charge in [-0.1, -0.05) is 6.07 Å². The molecule has 0 radical (unpaired) electrons. The van der Waals surface area contributed by atoms with E-state index < -0.39 is 0 Å². The highest BCUT2D eigenvalue weighted by molar-refractivity contribution is 7.99. The van der Waals surface area contributed by atoms with Crippen molar-refractivity contribution in [1.82, 2.24) is 0 Å². The predicted molar refractivity (Wildman–Crippen MR) is 129 cm³/mol. The van der Waals surface area contributed by atoms with Crippen LogP contribution < -0.4 is 28.6 Å². The molecule has 5 rings (SSSR count). The topological polar surface area (TPSA) is 49.4 Å². The third kappa shape index (κ3) is 4.37. The minimum atomic E-state index is 0.280. The van der Waals surface area contributed by atoms with Crippen LogP contribution in [-0.2, 0) is 6.54 Å². The first-order chi connectivity index (χ1) is 16.2. The van der Waals surface area contributed by atoms with Crippen LogP contribution in [0.15, 0.2) is 59.5 Å². The Morgan fingerprint density at radius 2 is 1.67 bits per heavy atom. The molecule has 172 valence electrons. The molecule has 2 heterocycles. The largest absolute Gasteiger partial charge is 0.497 e. The molecule has 33 heavy (non-hydrogen) atoms.